The molecule has 0 bridgehead atoms. The first kappa shape index (κ1) is 14.9. The first-order valence-electron chi connectivity index (χ1n) is 7.72. The van der Waals surface area contributed by atoms with Crippen molar-refractivity contribution in [3.05, 3.63) is 0 Å². The van der Waals surface area contributed by atoms with Gasteiger partial charge in [-0.2, -0.15) is 11.8 Å². The Morgan fingerprint density at radius 3 is 2.32 bits per heavy atom. The quantitative estimate of drug-likeness (QED) is 0.531. The van der Waals surface area contributed by atoms with Crippen molar-refractivity contribution in [2.24, 2.45) is 0 Å². The van der Waals surface area contributed by atoms with E-state index in [1.807, 2.05) is 0 Å². The van der Waals surface area contributed by atoms with Gasteiger partial charge in [-0.15, -0.1) is 0 Å². The summed E-state index contributed by atoms with van der Waals surface area (Å²) in [5, 5.41) is 0.899. The minimum atomic E-state index is 0.0292. The highest BCUT2D eigenvalue weighted by Gasteiger charge is 2.27. The Bertz CT molecular complexity index is 297. The number of imide groups is 1. The normalized spacial score (nSPS) is 21.4. The summed E-state index contributed by atoms with van der Waals surface area (Å²) in [4.78, 5) is 24.3. The van der Waals surface area contributed by atoms with E-state index in [0.717, 1.165) is 18.1 Å². The van der Waals surface area contributed by atoms with E-state index in [2.05, 4.69) is 11.8 Å². The molecule has 1 aliphatic heterocycles. The third-order valence-corrected chi connectivity index (χ3v) is 5.55. The van der Waals surface area contributed by atoms with Gasteiger partial charge in [0.05, 0.1) is 0 Å². The van der Waals surface area contributed by atoms with Crippen LogP contribution < -0.4 is 0 Å². The highest BCUT2D eigenvalue weighted by molar-refractivity contribution is 7.99. The van der Waals surface area contributed by atoms with Gasteiger partial charge >= 0.3 is 0 Å². The van der Waals surface area contributed by atoms with E-state index in [9.17, 15) is 9.59 Å². The number of carbonyl (C=O) groups excluding carboxylic acids is 2. The number of nitrogens with zero attached hydrogens (tertiary/aromatic N) is 1. The predicted octanol–water partition coefficient (Wildman–Crippen LogP) is 3.37. The number of hydrogen-bond donors (Lipinski definition) is 0. The van der Waals surface area contributed by atoms with Crippen LogP contribution in [0.25, 0.3) is 0 Å². The van der Waals surface area contributed by atoms with Gasteiger partial charge < -0.3 is 0 Å². The number of likely N-dealkylation sites (tertiary alicyclic amines) is 1. The molecule has 2 rings (SSSR count). The Kier molecular flexibility index (Phi) is 6.21. The predicted molar refractivity (Wildman–Crippen MR) is 79.1 cm³/mol. The lowest BCUT2D eigenvalue weighted by molar-refractivity contribution is -0.138. The summed E-state index contributed by atoms with van der Waals surface area (Å²) in [5.41, 5.74) is 0. The van der Waals surface area contributed by atoms with Crippen LogP contribution in [0.3, 0.4) is 0 Å². The zero-order valence-corrected chi connectivity index (χ0v) is 12.6. The molecule has 2 amide bonds. The van der Waals surface area contributed by atoms with Gasteiger partial charge in [-0.25, -0.2) is 0 Å². The topological polar surface area (TPSA) is 37.4 Å². The molecule has 0 aromatic heterocycles. The monoisotopic (exact) mass is 283 g/mol. The number of rotatable bonds is 7. The molecule has 1 saturated carbocycles. The zero-order valence-electron chi connectivity index (χ0n) is 11.7. The van der Waals surface area contributed by atoms with Crippen LogP contribution in [0.2, 0.25) is 0 Å². The average Bonchev–Trinajstić information content (AvgIpc) is 2.75. The smallest absolute Gasteiger partial charge is 0.229 e. The summed E-state index contributed by atoms with van der Waals surface area (Å²) in [6, 6.07) is 0. The van der Waals surface area contributed by atoms with Crippen molar-refractivity contribution in [1.82, 2.24) is 4.90 Å². The molecule has 0 aromatic rings. The van der Waals surface area contributed by atoms with E-state index in [0.29, 0.717) is 19.4 Å². The average molecular weight is 283 g/mol. The van der Waals surface area contributed by atoms with Gasteiger partial charge in [0, 0.05) is 24.6 Å². The number of carbonyl (C=O) groups is 2. The summed E-state index contributed by atoms with van der Waals surface area (Å²) in [7, 11) is 0. The van der Waals surface area contributed by atoms with Crippen molar-refractivity contribution in [2.75, 3.05) is 12.3 Å². The lowest BCUT2D eigenvalue weighted by Crippen LogP contribution is -2.29. The fraction of sp³-hybridized carbons (Fsp3) is 0.867. The second kappa shape index (κ2) is 7.93. The maximum Gasteiger partial charge on any atom is 0.229 e. The molecule has 0 aromatic carbocycles. The standard InChI is InChI=1S/C15H25NO2S/c17-14-9-10-15(18)16(14)11-5-2-6-12-19-13-7-3-1-4-8-13/h13H,1-12H2. The Hall–Kier alpha value is -0.510. The summed E-state index contributed by atoms with van der Waals surface area (Å²) < 4.78 is 0. The fourth-order valence-electron chi connectivity index (χ4n) is 2.90. The summed E-state index contributed by atoms with van der Waals surface area (Å²) in [6.07, 6.45) is 11.2. The van der Waals surface area contributed by atoms with Gasteiger partial charge in [0.2, 0.25) is 11.8 Å². The Morgan fingerprint density at radius 1 is 0.947 bits per heavy atom. The molecule has 1 saturated heterocycles. The minimum absolute atomic E-state index is 0.0292. The lowest BCUT2D eigenvalue weighted by Gasteiger charge is -2.20. The van der Waals surface area contributed by atoms with Crippen LogP contribution in [-0.4, -0.2) is 34.3 Å². The van der Waals surface area contributed by atoms with Crippen molar-refractivity contribution in [3.8, 4) is 0 Å². The molecule has 0 radical (unpaired) electrons. The number of thioether (sulfide) groups is 1. The Balaban J connectivity index is 1.48. The Morgan fingerprint density at radius 2 is 1.63 bits per heavy atom. The first-order valence-corrected chi connectivity index (χ1v) is 8.77. The van der Waals surface area contributed by atoms with Gasteiger partial charge in [0.25, 0.3) is 0 Å². The van der Waals surface area contributed by atoms with Crippen LogP contribution in [-0.2, 0) is 9.59 Å². The van der Waals surface area contributed by atoms with Crippen LogP contribution >= 0.6 is 11.8 Å². The highest BCUT2D eigenvalue weighted by Crippen LogP contribution is 2.28. The third-order valence-electron chi connectivity index (χ3n) is 4.09. The number of unbranched alkanes of at least 4 members (excludes halogenated alkanes) is 2. The van der Waals surface area contributed by atoms with Crippen molar-refractivity contribution >= 4 is 23.6 Å². The minimum Gasteiger partial charge on any atom is -0.283 e. The highest BCUT2D eigenvalue weighted by atomic mass is 32.2. The molecule has 0 unspecified atom stereocenters. The first-order chi connectivity index (χ1) is 9.27. The van der Waals surface area contributed by atoms with Crippen LogP contribution in [0, 0.1) is 0 Å². The van der Waals surface area contributed by atoms with E-state index in [-0.39, 0.29) is 11.8 Å². The van der Waals surface area contributed by atoms with E-state index in [1.165, 1.54) is 49.2 Å². The summed E-state index contributed by atoms with van der Waals surface area (Å²) in [5.74, 6) is 1.30. The van der Waals surface area contributed by atoms with E-state index >= 15 is 0 Å². The van der Waals surface area contributed by atoms with Gasteiger partial charge in [-0.3, -0.25) is 14.5 Å². The molecule has 1 aliphatic carbocycles. The van der Waals surface area contributed by atoms with Gasteiger partial charge in [-0.1, -0.05) is 25.7 Å². The molecule has 2 aliphatic rings. The van der Waals surface area contributed by atoms with Gasteiger partial charge in [0.15, 0.2) is 0 Å². The van der Waals surface area contributed by atoms with Crippen LogP contribution in [0.5, 0.6) is 0 Å². The van der Waals surface area contributed by atoms with Crippen molar-refractivity contribution in [1.29, 1.82) is 0 Å². The molecule has 0 atom stereocenters. The molecular formula is C15H25NO2S. The van der Waals surface area contributed by atoms with Crippen molar-refractivity contribution in [2.45, 2.75) is 69.5 Å². The van der Waals surface area contributed by atoms with Crippen LogP contribution in [0.4, 0.5) is 0 Å². The van der Waals surface area contributed by atoms with Crippen LogP contribution in [0.15, 0.2) is 0 Å². The molecule has 4 heteroatoms. The van der Waals surface area contributed by atoms with Gasteiger partial charge in [-0.05, 0) is 31.4 Å². The molecular weight excluding hydrogens is 258 g/mol. The van der Waals surface area contributed by atoms with E-state index in [4.69, 9.17) is 0 Å². The van der Waals surface area contributed by atoms with Crippen molar-refractivity contribution < 1.29 is 9.59 Å². The molecule has 0 spiro atoms. The van der Waals surface area contributed by atoms with E-state index < -0.39 is 0 Å². The Labute approximate surface area is 120 Å². The SMILES string of the molecule is O=C1CCC(=O)N1CCCCCSC1CCCCC1. The fourth-order valence-corrected chi connectivity index (χ4v) is 4.27. The largest absolute Gasteiger partial charge is 0.283 e. The molecule has 2 fully saturated rings. The number of hydrogen-bond acceptors (Lipinski definition) is 3. The van der Waals surface area contributed by atoms with Gasteiger partial charge in [0.1, 0.15) is 0 Å². The maximum absolute atomic E-state index is 11.4. The molecule has 108 valence electrons. The van der Waals surface area contributed by atoms with E-state index in [1.54, 1.807) is 0 Å². The summed E-state index contributed by atoms with van der Waals surface area (Å²) in [6.45, 7) is 0.645. The summed E-state index contributed by atoms with van der Waals surface area (Å²) >= 11 is 2.13. The molecule has 1 heterocycles. The maximum atomic E-state index is 11.4. The van der Waals surface area contributed by atoms with Crippen LogP contribution in [0.1, 0.15) is 64.2 Å². The molecule has 0 N–H and O–H groups in total. The molecule has 3 nitrogen and oxygen atoms in total. The zero-order chi connectivity index (χ0) is 13.5. The van der Waals surface area contributed by atoms with Crippen molar-refractivity contribution in [3.63, 3.8) is 0 Å². The lowest BCUT2D eigenvalue weighted by atomic mass is 10.0. The molecule has 19 heavy (non-hydrogen) atoms. The number of amides is 2. The second-order valence-electron chi connectivity index (χ2n) is 5.63. The third kappa shape index (κ3) is 4.83. The second-order valence-corrected chi connectivity index (χ2v) is 7.04.